The molecule has 0 saturated carbocycles. The average molecular weight is 741 g/mol. The Hall–Kier alpha value is -4.83. The van der Waals surface area contributed by atoms with Crippen LogP contribution in [0, 0.1) is 0 Å². The predicted molar refractivity (Wildman–Crippen MR) is 180 cm³/mol. The van der Waals surface area contributed by atoms with Gasteiger partial charge >= 0.3 is 24.4 Å². The molecule has 17 heteroatoms. The lowest BCUT2D eigenvalue weighted by Gasteiger charge is -2.39. The fourth-order valence-electron chi connectivity index (χ4n) is 5.71. The standard InChI is InChI=1S/C35H42F6N6O5/c1-8-23-18-24(31-25(10-11-29(45-31)50-7)47(23)32(49)51-9-2)42-27-19-28(46(6)13-12-30(48)52-33(3,4)5)44-26(43-27)16-20-14-21(34(36,37)38)17-22(15-20)35(39,40)41/h10-11,14-15,17,19,23-24H,8-9,12-13,16,18H2,1-7H3,(H,42,43,44)/t23-,24+/m1/s1. The van der Waals surface area contributed by atoms with Crippen LogP contribution in [0.15, 0.2) is 36.4 Å². The van der Waals surface area contributed by atoms with Crippen molar-refractivity contribution in [1.82, 2.24) is 15.0 Å². The molecular weight excluding hydrogens is 698 g/mol. The summed E-state index contributed by atoms with van der Waals surface area (Å²) in [5.74, 6) is 0.0962. The van der Waals surface area contributed by atoms with Crippen molar-refractivity contribution < 1.29 is 50.1 Å². The fraction of sp³-hybridized carbons (Fsp3) is 0.514. The first-order chi connectivity index (χ1) is 24.2. The number of alkyl halides is 6. The van der Waals surface area contributed by atoms with E-state index in [1.807, 2.05) is 6.92 Å². The van der Waals surface area contributed by atoms with Gasteiger partial charge in [0.2, 0.25) is 5.88 Å². The van der Waals surface area contributed by atoms with Gasteiger partial charge in [-0.2, -0.15) is 26.3 Å². The van der Waals surface area contributed by atoms with Gasteiger partial charge in [0.25, 0.3) is 0 Å². The molecule has 1 amide bonds. The van der Waals surface area contributed by atoms with E-state index in [9.17, 15) is 35.9 Å². The Morgan fingerprint density at radius 1 is 0.962 bits per heavy atom. The van der Waals surface area contributed by atoms with Gasteiger partial charge in [0.05, 0.1) is 48.7 Å². The zero-order chi connectivity index (χ0) is 38.6. The Kier molecular flexibility index (Phi) is 12.2. The summed E-state index contributed by atoms with van der Waals surface area (Å²) in [6, 6.07) is 5.22. The SMILES string of the molecule is CCOC(=O)N1c2ccc(OC)nc2[C@@H](Nc2cc(N(C)CCC(=O)OC(C)(C)C)nc(Cc3cc(C(F)(F)F)cc(C(F)(F)F)c3)n2)C[C@H]1CC. The van der Waals surface area contributed by atoms with Crippen LogP contribution >= 0.6 is 0 Å². The van der Waals surface area contributed by atoms with Gasteiger partial charge in [-0.25, -0.2) is 19.7 Å². The Morgan fingerprint density at radius 2 is 1.62 bits per heavy atom. The van der Waals surface area contributed by atoms with Gasteiger partial charge in [-0.15, -0.1) is 0 Å². The van der Waals surface area contributed by atoms with Crippen molar-refractivity contribution in [3.8, 4) is 5.88 Å². The van der Waals surface area contributed by atoms with E-state index >= 15 is 0 Å². The molecule has 0 bridgehead atoms. The van der Waals surface area contributed by atoms with Crippen LogP contribution in [0.1, 0.15) is 88.1 Å². The number of benzene rings is 1. The summed E-state index contributed by atoms with van der Waals surface area (Å²) in [6.45, 7) is 9.04. The van der Waals surface area contributed by atoms with Crippen LogP contribution in [-0.2, 0) is 33.0 Å². The number of nitrogens with zero attached hydrogens (tertiary/aromatic N) is 5. The van der Waals surface area contributed by atoms with Gasteiger partial charge in [0.1, 0.15) is 23.1 Å². The fourth-order valence-corrected chi connectivity index (χ4v) is 5.71. The summed E-state index contributed by atoms with van der Waals surface area (Å²) in [7, 11) is 3.06. The van der Waals surface area contributed by atoms with E-state index in [-0.39, 0.29) is 60.6 Å². The molecule has 4 rings (SSSR count). The number of carbonyl (C=O) groups excluding carboxylic acids is 2. The monoisotopic (exact) mass is 740 g/mol. The molecule has 3 heterocycles. The summed E-state index contributed by atoms with van der Waals surface area (Å²) < 4.78 is 98.1. The van der Waals surface area contributed by atoms with Gasteiger partial charge < -0.3 is 24.4 Å². The quantitative estimate of drug-likeness (QED) is 0.153. The summed E-state index contributed by atoms with van der Waals surface area (Å²) in [5, 5.41) is 3.31. The third kappa shape index (κ3) is 10.2. The third-order valence-corrected chi connectivity index (χ3v) is 8.04. The van der Waals surface area contributed by atoms with Gasteiger partial charge in [0, 0.05) is 38.2 Å². The third-order valence-electron chi connectivity index (χ3n) is 8.04. The number of carbonyl (C=O) groups is 2. The number of esters is 1. The largest absolute Gasteiger partial charge is 0.481 e. The smallest absolute Gasteiger partial charge is 0.416 e. The molecule has 2 aromatic heterocycles. The average Bonchev–Trinajstić information content (AvgIpc) is 3.05. The normalized spacial score (nSPS) is 16.2. The molecule has 0 saturated heterocycles. The van der Waals surface area contributed by atoms with Crippen LogP contribution in [-0.4, -0.2) is 66.0 Å². The topological polar surface area (TPSA) is 119 Å². The van der Waals surface area contributed by atoms with E-state index in [4.69, 9.17) is 14.2 Å². The zero-order valence-corrected chi connectivity index (χ0v) is 29.9. The molecular formula is C35H42F6N6O5. The van der Waals surface area contributed by atoms with Crippen molar-refractivity contribution in [3.05, 3.63) is 64.6 Å². The van der Waals surface area contributed by atoms with E-state index in [1.54, 1.807) is 57.8 Å². The van der Waals surface area contributed by atoms with Crippen molar-refractivity contribution in [2.45, 2.75) is 90.3 Å². The lowest BCUT2D eigenvalue weighted by Crippen LogP contribution is -2.46. The second-order valence-corrected chi connectivity index (χ2v) is 13.2. The number of fused-ring (bicyclic) bond motifs is 1. The number of hydrogen-bond donors (Lipinski definition) is 1. The number of ether oxygens (including phenoxy) is 3. The molecule has 0 aliphatic carbocycles. The van der Waals surface area contributed by atoms with Gasteiger partial charge in [-0.1, -0.05) is 6.92 Å². The Balaban J connectivity index is 1.78. The van der Waals surface area contributed by atoms with E-state index in [2.05, 4.69) is 20.3 Å². The first kappa shape index (κ1) is 39.9. The number of methoxy groups -OCH3 is 1. The molecule has 3 aromatic rings. The van der Waals surface area contributed by atoms with Crippen LogP contribution < -0.4 is 19.9 Å². The van der Waals surface area contributed by atoms with Gasteiger partial charge in [0.15, 0.2) is 0 Å². The Morgan fingerprint density at radius 3 is 2.17 bits per heavy atom. The van der Waals surface area contributed by atoms with Crippen LogP contribution in [0.25, 0.3) is 0 Å². The highest BCUT2D eigenvalue weighted by molar-refractivity contribution is 5.90. The second-order valence-electron chi connectivity index (χ2n) is 13.2. The molecule has 1 N–H and O–H groups in total. The molecule has 0 spiro atoms. The van der Waals surface area contributed by atoms with Crippen LogP contribution in [0.2, 0.25) is 0 Å². The van der Waals surface area contributed by atoms with Crippen molar-refractivity contribution in [3.63, 3.8) is 0 Å². The number of hydrogen-bond acceptors (Lipinski definition) is 10. The predicted octanol–water partition coefficient (Wildman–Crippen LogP) is 7.98. The summed E-state index contributed by atoms with van der Waals surface area (Å²) in [4.78, 5) is 42.3. The molecule has 284 valence electrons. The first-order valence-electron chi connectivity index (χ1n) is 16.6. The number of pyridine rings is 1. The van der Waals surface area contributed by atoms with Crippen molar-refractivity contribution in [2.24, 2.45) is 0 Å². The Bertz CT molecular complexity index is 1710. The van der Waals surface area contributed by atoms with E-state index < -0.39 is 53.6 Å². The molecule has 0 radical (unpaired) electrons. The molecule has 0 unspecified atom stereocenters. The highest BCUT2D eigenvalue weighted by Crippen LogP contribution is 2.41. The second kappa shape index (κ2) is 15.8. The van der Waals surface area contributed by atoms with E-state index in [0.717, 1.165) is 0 Å². The number of aromatic nitrogens is 3. The lowest BCUT2D eigenvalue weighted by molar-refractivity contribution is -0.154. The molecule has 2 atom stereocenters. The molecule has 0 fully saturated rings. The van der Waals surface area contributed by atoms with Crippen LogP contribution in [0.4, 0.5) is 48.5 Å². The Labute approximate surface area is 297 Å². The van der Waals surface area contributed by atoms with E-state index in [1.165, 1.54) is 12.0 Å². The molecule has 1 aliphatic heterocycles. The molecule has 1 aliphatic rings. The highest BCUT2D eigenvalue weighted by atomic mass is 19.4. The molecule has 52 heavy (non-hydrogen) atoms. The molecule has 1 aromatic carbocycles. The number of anilines is 3. The number of rotatable bonds is 11. The zero-order valence-electron chi connectivity index (χ0n) is 29.9. The highest BCUT2D eigenvalue weighted by Gasteiger charge is 2.39. The number of halogens is 6. The maximum Gasteiger partial charge on any atom is 0.416 e. The summed E-state index contributed by atoms with van der Waals surface area (Å²) >= 11 is 0. The van der Waals surface area contributed by atoms with Gasteiger partial charge in [-0.05, 0) is 70.4 Å². The first-order valence-corrected chi connectivity index (χ1v) is 16.6. The number of nitrogens with one attached hydrogen (secondary N) is 1. The maximum atomic E-state index is 13.7. The van der Waals surface area contributed by atoms with E-state index in [0.29, 0.717) is 36.4 Å². The summed E-state index contributed by atoms with van der Waals surface area (Å²) in [6.07, 6.45) is -10.3. The minimum Gasteiger partial charge on any atom is -0.481 e. The maximum absolute atomic E-state index is 13.7. The minimum absolute atomic E-state index is 0.0416. The van der Waals surface area contributed by atoms with Crippen molar-refractivity contribution >= 4 is 29.4 Å². The van der Waals surface area contributed by atoms with Gasteiger partial charge in [-0.3, -0.25) is 9.69 Å². The lowest BCUT2D eigenvalue weighted by atomic mass is 9.93. The van der Waals surface area contributed by atoms with Crippen LogP contribution in [0.3, 0.4) is 0 Å². The van der Waals surface area contributed by atoms with Crippen molar-refractivity contribution in [1.29, 1.82) is 0 Å². The van der Waals surface area contributed by atoms with Crippen LogP contribution in [0.5, 0.6) is 5.88 Å². The minimum atomic E-state index is -5.04. The molecule has 11 nitrogen and oxygen atoms in total. The van der Waals surface area contributed by atoms with Crippen molar-refractivity contribution in [2.75, 3.05) is 42.4 Å². The summed E-state index contributed by atoms with van der Waals surface area (Å²) in [5.41, 5.74) is -3.07. The number of amides is 1.